The molecule has 2 N–H and O–H groups in total. The molecular weight excluding hydrogens is 298 g/mol. The molecule has 0 spiro atoms. The van der Waals surface area contributed by atoms with Crippen molar-refractivity contribution in [3.63, 3.8) is 0 Å². The standard InChI is InChI=1S/C12H25N3O3S2/c1-3-10-20(17,18)15-7-5-14(6-8-15)12(16)11(13)4-9-19-2/h11H,3-10,13H2,1-2H3/t11-/m1/s1. The summed E-state index contributed by atoms with van der Waals surface area (Å²) in [6, 6.07) is -0.471. The average Bonchev–Trinajstić information content (AvgIpc) is 2.44. The Hall–Kier alpha value is -0.310. The van der Waals surface area contributed by atoms with Gasteiger partial charge in [0.1, 0.15) is 0 Å². The van der Waals surface area contributed by atoms with Gasteiger partial charge in [0.05, 0.1) is 11.8 Å². The fourth-order valence-corrected chi connectivity index (χ4v) is 4.16. The van der Waals surface area contributed by atoms with Crippen LogP contribution < -0.4 is 5.73 Å². The summed E-state index contributed by atoms with van der Waals surface area (Å²) in [5.41, 5.74) is 5.87. The molecule has 0 aromatic carbocycles. The number of thioether (sulfide) groups is 1. The average molecular weight is 323 g/mol. The van der Waals surface area contributed by atoms with Crippen molar-refractivity contribution in [3.05, 3.63) is 0 Å². The van der Waals surface area contributed by atoms with Crippen LogP contribution in [-0.2, 0) is 14.8 Å². The molecule has 1 aliphatic rings. The molecule has 0 bridgehead atoms. The molecule has 1 aliphatic heterocycles. The second-order valence-electron chi connectivity index (χ2n) is 4.93. The van der Waals surface area contributed by atoms with E-state index in [1.165, 1.54) is 4.31 Å². The van der Waals surface area contributed by atoms with Gasteiger partial charge in [0, 0.05) is 26.2 Å². The molecule has 20 heavy (non-hydrogen) atoms. The Labute approximate surface area is 126 Å². The van der Waals surface area contributed by atoms with Crippen LogP contribution in [0.2, 0.25) is 0 Å². The van der Waals surface area contributed by atoms with E-state index in [9.17, 15) is 13.2 Å². The lowest BCUT2D eigenvalue weighted by Gasteiger charge is -2.35. The Morgan fingerprint density at radius 1 is 1.30 bits per heavy atom. The molecule has 1 saturated heterocycles. The third kappa shape index (κ3) is 4.91. The molecule has 6 nitrogen and oxygen atoms in total. The highest BCUT2D eigenvalue weighted by molar-refractivity contribution is 7.98. The number of hydrogen-bond acceptors (Lipinski definition) is 5. The second-order valence-corrected chi connectivity index (χ2v) is 8.00. The minimum Gasteiger partial charge on any atom is -0.339 e. The van der Waals surface area contributed by atoms with Gasteiger partial charge < -0.3 is 10.6 Å². The van der Waals surface area contributed by atoms with Crippen LogP contribution in [0.5, 0.6) is 0 Å². The molecule has 0 saturated carbocycles. The lowest BCUT2D eigenvalue weighted by atomic mass is 10.2. The number of carbonyl (C=O) groups excluding carboxylic acids is 1. The first-order valence-corrected chi connectivity index (χ1v) is 9.93. The van der Waals surface area contributed by atoms with E-state index in [-0.39, 0.29) is 11.7 Å². The van der Waals surface area contributed by atoms with E-state index < -0.39 is 16.1 Å². The Kier molecular flexibility index (Phi) is 7.28. The van der Waals surface area contributed by atoms with Gasteiger partial charge in [-0.25, -0.2) is 8.42 Å². The normalized spacial score (nSPS) is 19.1. The maximum Gasteiger partial charge on any atom is 0.239 e. The van der Waals surface area contributed by atoms with Crippen molar-refractivity contribution >= 4 is 27.7 Å². The van der Waals surface area contributed by atoms with Crippen LogP contribution in [0, 0.1) is 0 Å². The van der Waals surface area contributed by atoms with Crippen molar-refractivity contribution in [3.8, 4) is 0 Å². The molecular formula is C12H25N3O3S2. The lowest BCUT2D eigenvalue weighted by molar-refractivity contribution is -0.133. The largest absolute Gasteiger partial charge is 0.339 e. The summed E-state index contributed by atoms with van der Waals surface area (Å²) in [5.74, 6) is 0.970. The van der Waals surface area contributed by atoms with Crippen molar-refractivity contribution in [1.29, 1.82) is 0 Å². The first-order chi connectivity index (χ1) is 9.42. The quantitative estimate of drug-likeness (QED) is 0.710. The number of carbonyl (C=O) groups is 1. The summed E-state index contributed by atoms with van der Waals surface area (Å²) in [7, 11) is -3.16. The van der Waals surface area contributed by atoms with E-state index in [4.69, 9.17) is 5.73 Å². The SMILES string of the molecule is CCCS(=O)(=O)N1CCN(C(=O)[C@H](N)CCSC)CC1. The van der Waals surface area contributed by atoms with Crippen molar-refractivity contribution in [2.45, 2.75) is 25.8 Å². The number of rotatable bonds is 7. The molecule has 0 aromatic rings. The maximum absolute atomic E-state index is 12.1. The summed E-state index contributed by atoms with van der Waals surface area (Å²) < 4.78 is 25.3. The van der Waals surface area contributed by atoms with Gasteiger partial charge in [0.25, 0.3) is 0 Å². The molecule has 1 atom stereocenters. The van der Waals surface area contributed by atoms with Crippen LogP contribution >= 0.6 is 11.8 Å². The minimum absolute atomic E-state index is 0.0633. The first kappa shape index (κ1) is 17.7. The van der Waals surface area contributed by atoms with Crippen LogP contribution in [0.25, 0.3) is 0 Å². The van der Waals surface area contributed by atoms with Gasteiger partial charge in [0.15, 0.2) is 0 Å². The lowest BCUT2D eigenvalue weighted by Crippen LogP contribution is -2.54. The summed E-state index contributed by atoms with van der Waals surface area (Å²) in [4.78, 5) is 13.8. The van der Waals surface area contributed by atoms with E-state index in [0.717, 1.165) is 5.75 Å². The topological polar surface area (TPSA) is 83.7 Å². The first-order valence-electron chi connectivity index (χ1n) is 6.93. The monoisotopic (exact) mass is 323 g/mol. The van der Waals surface area contributed by atoms with E-state index in [1.807, 2.05) is 13.2 Å². The molecule has 0 aromatic heterocycles. The van der Waals surface area contributed by atoms with Crippen LogP contribution in [0.15, 0.2) is 0 Å². The number of nitrogens with zero attached hydrogens (tertiary/aromatic N) is 2. The highest BCUT2D eigenvalue weighted by Crippen LogP contribution is 2.11. The van der Waals surface area contributed by atoms with Gasteiger partial charge in [-0.1, -0.05) is 6.92 Å². The zero-order valence-electron chi connectivity index (χ0n) is 12.2. The van der Waals surface area contributed by atoms with Gasteiger partial charge in [0.2, 0.25) is 15.9 Å². The minimum atomic E-state index is -3.16. The maximum atomic E-state index is 12.1. The van der Waals surface area contributed by atoms with Crippen LogP contribution in [0.3, 0.4) is 0 Å². The van der Waals surface area contributed by atoms with Crippen molar-refractivity contribution in [2.75, 3.05) is 43.9 Å². The zero-order chi connectivity index (χ0) is 15.2. The van der Waals surface area contributed by atoms with Crippen molar-refractivity contribution < 1.29 is 13.2 Å². The van der Waals surface area contributed by atoms with E-state index in [2.05, 4.69) is 0 Å². The fourth-order valence-electron chi connectivity index (χ4n) is 2.18. The molecule has 0 aliphatic carbocycles. The molecule has 0 unspecified atom stereocenters. The fraction of sp³-hybridized carbons (Fsp3) is 0.917. The van der Waals surface area contributed by atoms with E-state index in [0.29, 0.717) is 39.0 Å². The number of nitrogens with two attached hydrogens (primary N) is 1. The van der Waals surface area contributed by atoms with Gasteiger partial charge in [-0.2, -0.15) is 16.1 Å². The van der Waals surface area contributed by atoms with Gasteiger partial charge >= 0.3 is 0 Å². The summed E-state index contributed by atoms with van der Waals surface area (Å²) in [6.07, 6.45) is 3.25. The molecule has 1 rings (SSSR count). The molecule has 1 heterocycles. The van der Waals surface area contributed by atoms with E-state index >= 15 is 0 Å². The third-order valence-corrected chi connectivity index (χ3v) is 6.08. The number of amides is 1. The van der Waals surface area contributed by atoms with Gasteiger partial charge in [-0.05, 0) is 24.9 Å². The smallest absolute Gasteiger partial charge is 0.239 e. The Morgan fingerprint density at radius 2 is 1.90 bits per heavy atom. The Balaban J connectivity index is 2.48. The number of hydrogen-bond donors (Lipinski definition) is 1. The third-order valence-electron chi connectivity index (χ3n) is 3.36. The molecule has 0 radical (unpaired) electrons. The van der Waals surface area contributed by atoms with Gasteiger partial charge in [-0.3, -0.25) is 4.79 Å². The second kappa shape index (κ2) is 8.21. The number of sulfonamides is 1. The summed E-state index contributed by atoms with van der Waals surface area (Å²) >= 11 is 1.66. The summed E-state index contributed by atoms with van der Waals surface area (Å²) in [5, 5.41) is 0. The highest BCUT2D eigenvalue weighted by Gasteiger charge is 2.29. The van der Waals surface area contributed by atoms with Crippen LogP contribution in [0.4, 0.5) is 0 Å². The van der Waals surface area contributed by atoms with Crippen molar-refractivity contribution in [2.24, 2.45) is 5.73 Å². The van der Waals surface area contributed by atoms with Crippen LogP contribution in [0.1, 0.15) is 19.8 Å². The van der Waals surface area contributed by atoms with Crippen LogP contribution in [-0.4, -0.2) is 73.5 Å². The molecule has 8 heteroatoms. The molecule has 1 fully saturated rings. The highest BCUT2D eigenvalue weighted by atomic mass is 32.2. The van der Waals surface area contributed by atoms with Gasteiger partial charge in [-0.15, -0.1) is 0 Å². The summed E-state index contributed by atoms with van der Waals surface area (Å²) in [6.45, 7) is 3.48. The Bertz CT molecular complexity index is 406. The van der Waals surface area contributed by atoms with Crippen molar-refractivity contribution in [1.82, 2.24) is 9.21 Å². The predicted octanol–water partition coefficient (Wildman–Crippen LogP) is -0.0492. The zero-order valence-corrected chi connectivity index (χ0v) is 13.9. The molecule has 1 amide bonds. The molecule has 118 valence electrons. The number of piperazine rings is 1. The van der Waals surface area contributed by atoms with E-state index in [1.54, 1.807) is 16.7 Å². The predicted molar refractivity (Wildman–Crippen MR) is 83.2 cm³/mol. The Morgan fingerprint density at radius 3 is 2.40 bits per heavy atom.